The van der Waals surface area contributed by atoms with Crippen molar-refractivity contribution in [2.45, 2.75) is 14.7 Å². The van der Waals surface area contributed by atoms with E-state index in [9.17, 15) is 0 Å². The maximum Gasteiger partial charge on any atom is 0.182 e. The van der Waals surface area contributed by atoms with Crippen LogP contribution in [0.4, 0.5) is 0 Å². The molecule has 0 aliphatic carbocycles. The third-order valence-electron chi connectivity index (χ3n) is 3.71. The van der Waals surface area contributed by atoms with Crippen LogP contribution in [-0.2, 0) is 8.96 Å². The molecule has 0 N–H and O–H groups in total. The van der Waals surface area contributed by atoms with Gasteiger partial charge in [0.05, 0.1) is 31.1 Å². The van der Waals surface area contributed by atoms with Crippen molar-refractivity contribution in [2.75, 3.05) is 21.3 Å². The molecule has 0 amide bonds. The van der Waals surface area contributed by atoms with Crippen LogP contribution in [0, 0.1) is 0 Å². The van der Waals surface area contributed by atoms with Gasteiger partial charge in [-0.05, 0) is 72.8 Å². The summed E-state index contributed by atoms with van der Waals surface area (Å²) >= 11 is 0. The summed E-state index contributed by atoms with van der Waals surface area (Å²) in [5.74, 6) is 2.60. The Morgan fingerprint density at radius 1 is 0.519 bits per heavy atom. The number of methoxy groups -OCH3 is 3. The molecule has 0 heterocycles. The molecule has 0 atom stereocenters. The molecule has 3 aromatic carbocycles. The van der Waals surface area contributed by atoms with Crippen molar-refractivity contribution in [2.24, 2.45) is 0 Å². The van der Waals surface area contributed by atoms with Gasteiger partial charge in [0.15, 0.2) is 13.9 Å². The number of hydrogen-bond acceptors (Lipinski definition) is 5. The van der Waals surface area contributed by atoms with Crippen molar-refractivity contribution in [3.8, 4) is 17.2 Å². The quantitative estimate of drug-likeness (QED) is 0.326. The zero-order chi connectivity index (χ0) is 19.1. The molecule has 27 heavy (non-hydrogen) atoms. The monoisotopic (exact) mass is 417 g/mol. The average Bonchev–Trinajstić information content (AvgIpc) is 2.74. The molecule has 0 fully saturated rings. The van der Waals surface area contributed by atoms with E-state index in [2.05, 4.69) is 36.4 Å². The summed E-state index contributed by atoms with van der Waals surface area (Å²) in [6.45, 7) is 0. The topological polar surface area (TPSA) is 27.7 Å². The Balaban J connectivity index is 1.83. The van der Waals surface area contributed by atoms with Gasteiger partial charge >= 0.3 is 0 Å². The molecule has 3 rings (SSSR count). The van der Waals surface area contributed by atoms with Gasteiger partial charge in [-0.25, -0.2) is 0 Å². The molecule has 0 radical (unpaired) electrons. The molecule has 3 nitrogen and oxygen atoms in total. The minimum Gasteiger partial charge on any atom is -0.497 e. The smallest absolute Gasteiger partial charge is 0.182 e. The van der Waals surface area contributed by atoms with E-state index in [0.717, 1.165) is 17.2 Å². The second-order valence-corrected chi connectivity index (χ2v) is 11.3. The first-order valence-corrected chi connectivity index (χ1v) is 12.1. The Hall–Kier alpha value is -1.89. The van der Waals surface area contributed by atoms with Crippen molar-refractivity contribution in [1.29, 1.82) is 0 Å². The lowest BCUT2D eigenvalue weighted by atomic mass is 10.3. The summed E-state index contributed by atoms with van der Waals surface area (Å²) in [5.41, 5.74) is 0. The molecule has 140 valence electrons. The van der Waals surface area contributed by atoms with E-state index in [4.69, 9.17) is 14.2 Å². The molecule has 0 saturated heterocycles. The third kappa shape index (κ3) is 5.54. The van der Waals surface area contributed by atoms with E-state index in [1.165, 1.54) is 14.7 Å². The Bertz CT molecular complexity index is 785. The zero-order valence-corrected chi connectivity index (χ0v) is 17.8. The molecule has 3 aromatic rings. The molecular weight excluding hydrogens is 396 g/mol. The third-order valence-corrected chi connectivity index (χ3v) is 10.0. The summed E-state index contributed by atoms with van der Waals surface area (Å²) < 4.78 is 15.8. The molecule has 6 heteroatoms. The first-order chi connectivity index (χ1) is 13.2. The van der Waals surface area contributed by atoms with E-state index in [-0.39, 0.29) is 8.96 Å². The summed E-state index contributed by atoms with van der Waals surface area (Å²) in [6.07, 6.45) is 0. The van der Waals surface area contributed by atoms with E-state index in [1.54, 1.807) is 21.3 Å². The molecule has 0 unspecified atom stereocenters. The highest BCUT2D eigenvalue weighted by Crippen LogP contribution is 2.45. The maximum absolute atomic E-state index is 5.30. The second kappa shape index (κ2) is 9.88. The van der Waals surface area contributed by atoms with Crippen molar-refractivity contribution < 1.29 is 14.2 Å². The van der Waals surface area contributed by atoms with Gasteiger partial charge in [-0.15, -0.1) is 0 Å². The van der Waals surface area contributed by atoms with E-state index < -0.39 is 0 Å². The second-order valence-electron chi connectivity index (χ2n) is 5.43. The fraction of sp³-hybridized carbons (Fsp3) is 0.143. The Kier molecular flexibility index (Phi) is 7.26. The van der Waals surface area contributed by atoms with Crippen LogP contribution in [0.2, 0.25) is 0 Å². The van der Waals surface area contributed by atoms with Crippen molar-refractivity contribution in [3.05, 3.63) is 72.8 Å². The predicted octanol–water partition coefficient (Wildman–Crippen LogP) is 6.10. The lowest BCUT2D eigenvalue weighted by Crippen LogP contribution is -1.93. The van der Waals surface area contributed by atoms with Gasteiger partial charge in [0, 0.05) is 0 Å². The molecule has 0 bridgehead atoms. The SMILES string of the molecule is COc1ccc(S[S+](Sc2ccc(OC)cc2)c2ccc(OC)cc2)cc1. The van der Waals surface area contributed by atoms with Gasteiger partial charge in [0.25, 0.3) is 0 Å². The lowest BCUT2D eigenvalue weighted by molar-refractivity contribution is 0.414. The molecule has 0 saturated carbocycles. The van der Waals surface area contributed by atoms with Gasteiger partial charge in [-0.2, -0.15) is 0 Å². The molecule has 0 aromatic heterocycles. The highest BCUT2D eigenvalue weighted by Gasteiger charge is 2.29. The van der Waals surface area contributed by atoms with Crippen LogP contribution in [0.15, 0.2) is 87.5 Å². The van der Waals surface area contributed by atoms with Crippen LogP contribution in [0.5, 0.6) is 17.2 Å². The molecule has 0 aliphatic rings. The fourth-order valence-electron chi connectivity index (χ4n) is 2.24. The molecular formula is C21H21O3S3+. The standard InChI is InChI=1S/C21H21O3S3/c1-22-16-4-10-19(11-5-16)25-27(21-14-8-18(24-3)9-15-21)26-20-12-6-17(23-2)7-13-20/h4-15H,1-3H3/q+1. The number of benzene rings is 3. The van der Waals surface area contributed by atoms with Crippen molar-refractivity contribution >= 4 is 30.5 Å². The maximum atomic E-state index is 5.30. The first-order valence-electron chi connectivity index (χ1n) is 8.25. The van der Waals surface area contributed by atoms with Gasteiger partial charge in [-0.1, -0.05) is 0 Å². The number of hydrogen-bond donors (Lipinski definition) is 0. The first kappa shape index (κ1) is 19.9. The average molecular weight is 418 g/mol. The van der Waals surface area contributed by atoms with Crippen LogP contribution in [0.25, 0.3) is 0 Å². The van der Waals surface area contributed by atoms with Gasteiger partial charge < -0.3 is 14.2 Å². The lowest BCUT2D eigenvalue weighted by Gasteiger charge is -2.07. The van der Waals surface area contributed by atoms with Crippen LogP contribution >= 0.6 is 21.6 Å². The highest BCUT2D eigenvalue weighted by atomic mass is 33.5. The van der Waals surface area contributed by atoms with Crippen molar-refractivity contribution in [1.82, 2.24) is 0 Å². The van der Waals surface area contributed by atoms with Gasteiger partial charge in [0.2, 0.25) is 0 Å². The minimum absolute atomic E-state index is 0.121. The van der Waals surface area contributed by atoms with Crippen LogP contribution in [0.1, 0.15) is 0 Å². The van der Waals surface area contributed by atoms with Gasteiger partial charge in [-0.3, -0.25) is 0 Å². The summed E-state index contributed by atoms with van der Waals surface area (Å²) in [4.78, 5) is 3.67. The molecule has 0 spiro atoms. The van der Waals surface area contributed by atoms with Crippen LogP contribution < -0.4 is 14.2 Å². The largest absolute Gasteiger partial charge is 0.497 e. The Morgan fingerprint density at radius 3 is 1.19 bits per heavy atom. The predicted molar refractivity (Wildman–Crippen MR) is 116 cm³/mol. The Labute approximate surface area is 170 Å². The van der Waals surface area contributed by atoms with Crippen molar-refractivity contribution in [3.63, 3.8) is 0 Å². The van der Waals surface area contributed by atoms with Gasteiger partial charge in [0.1, 0.15) is 38.8 Å². The summed E-state index contributed by atoms with van der Waals surface area (Å²) in [6, 6.07) is 24.7. The highest BCUT2D eigenvalue weighted by molar-refractivity contribution is 9.06. The molecule has 0 aliphatic heterocycles. The van der Waals surface area contributed by atoms with E-state index in [1.807, 2.05) is 58.0 Å². The zero-order valence-electron chi connectivity index (χ0n) is 15.4. The van der Waals surface area contributed by atoms with E-state index >= 15 is 0 Å². The van der Waals surface area contributed by atoms with Crippen LogP contribution in [0.3, 0.4) is 0 Å². The minimum atomic E-state index is -0.121. The summed E-state index contributed by atoms with van der Waals surface area (Å²) in [5, 5.41) is 0. The number of rotatable bonds is 8. The normalized spacial score (nSPS) is 10.7. The van der Waals surface area contributed by atoms with E-state index in [0.29, 0.717) is 0 Å². The number of ether oxygens (including phenoxy) is 3. The Morgan fingerprint density at radius 2 is 0.852 bits per heavy atom. The fourth-order valence-corrected chi connectivity index (χ4v) is 8.45. The van der Waals surface area contributed by atoms with Crippen LogP contribution in [-0.4, -0.2) is 21.3 Å². The summed E-state index contributed by atoms with van der Waals surface area (Å²) in [7, 11) is 8.62.